The lowest BCUT2D eigenvalue weighted by Crippen LogP contribution is -2.30. The molecule has 0 amide bonds. The van der Waals surface area contributed by atoms with Crippen LogP contribution in [-0.4, -0.2) is 16.3 Å². The first-order valence-electron chi connectivity index (χ1n) is 5.50. The Labute approximate surface area is 92.4 Å². The second-order valence-electron chi connectivity index (χ2n) is 3.94. The summed E-state index contributed by atoms with van der Waals surface area (Å²) in [5, 5.41) is 0.619. The first-order valence-corrected chi connectivity index (χ1v) is 5.50. The van der Waals surface area contributed by atoms with E-state index in [1.165, 1.54) is 4.73 Å². The molecular weight excluding hydrogens is 204 g/mol. The maximum Gasteiger partial charge on any atom is 0.294 e. The minimum Gasteiger partial charge on any atom is -0.409 e. The van der Waals surface area contributed by atoms with E-state index in [9.17, 15) is 4.79 Å². The lowest BCUT2D eigenvalue weighted by Gasteiger charge is -2.09. The second-order valence-corrected chi connectivity index (χ2v) is 3.94. The fraction of sp³-hybridized carbons (Fsp3) is 0.333. The van der Waals surface area contributed by atoms with E-state index < -0.39 is 0 Å². The topological polar surface area (TPSA) is 44.1 Å². The van der Waals surface area contributed by atoms with Gasteiger partial charge in [0.2, 0.25) is 0 Å². The van der Waals surface area contributed by atoms with Crippen LogP contribution < -0.4 is 10.4 Å². The van der Waals surface area contributed by atoms with Crippen LogP contribution in [0.4, 0.5) is 0 Å². The van der Waals surface area contributed by atoms with Gasteiger partial charge in [-0.3, -0.25) is 4.79 Å². The van der Waals surface area contributed by atoms with Crippen LogP contribution in [0, 0.1) is 0 Å². The lowest BCUT2D eigenvalue weighted by atomic mass is 10.2. The van der Waals surface area contributed by atoms with Gasteiger partial charge < -0.3 is 4.84 Å². The molecule has 0 unspecified atom stereocenters. The maximum atomic E-state index is 12.1. The van der Waals surface area contributed by atoms with E-state index in [0.717, 1.165) is 30.6 Å². The van der Waals surface area contributed by atoms with Gasteiger partial charge >= 0.3 is 0 Å². The van der Waals surface area contributed by atoms with Gasteiger partial charge in [0.25, 0.3) is 5.56 Å². The third kappa shape index (κ3) is 1.38. The lowest BCUT2D eigenvalue weighted by molar-refractivity contribution is 0.102. The average Bonchev–Trinajstić information content (AvgIpc) is 2.55. The summed E-state index contributed by atoms with van der Waals surface area (Å²) in [6, 6.07) is 7.38. The molecule has 1 aromatic heterocycles. The molecule has 2 aromatic rings. The monoisotopic (exact) mass is 216 g/mol. The Morgan fingerprint density at radius 1 is 1.25 bits per heavy atom. The largest absolute Gasteiger partial charge is 0.409 e. The molecule has 1 aliphatic heterocycles. The van der Waals surface area contributed by atoms with Crippen molar-refractivity contribution in [1.29, 1.82) is 0 Å². The average molecular weight is 216 g/mol. The van der Waals surface area contributed by atoms with Crippen molar-refractivity contribution in [3.63, 3.8) is 0 Å². The van der Waals surface area contributed by atoms with Gasteiger partial charge in [0.1, 0.15) is 12.4 Å². The Balaban J connectivity index is 2.34. The number of rotatable bonds is 0. The number of hydrogen-bond acceptors (Lipinski definition) is 3. The van der Waals surface area contributed by atoms with Crippen LogP contribution in [-0.2, 0) is 6.42 Å². The van der Waals surface area contributed by atoms with Gasteiger partial charge in [0.05, 0.1) is 10.9 Å². The Hall–Kier alpha value is -1.84. The number of para-hydroxylation sites is 1. The fourth-order valence-corrected chi connectivity index (χ4v) is 1.99. The Morgan fingerprint density at radius 2 is 2.12 bits per heavy atom. The molecule has 0 saturated heterocycles. The third-order valence-electron chi connectivity index (χ3n) is 2.82. The van der Waals surface area contributed by atoms with Gasteiger partial charge in [0, 0.05) is 6.42 Å². The van der Waals surface area contributed by atoms with Gasteiger partial charge in [-0.25, -0.2) is 4.98 Å². The number of aryl methyl sites for hydroxylation is 1. The molecule has 1 aromatic carbocycles. The number of nitrogens with zero attached hydrogens (tertiary/aromatic N) is 2. The Kier molecular flexibility index (Phi) is 2.13. The second kappa shape index (κ2) is 3.63. The van der Waals surface area contributed by atoms with Gasteiger partial charge in [-0.15, -0.1) is 4.73 Å². The summed E-state index contributed by atoms with van der Waals surface area (Å²) in [6.07, 6.45) is 2.80. The molecule has 2 heterocycles. The van der Waals surface area contributed by atoms with E-state index >= 15 is 0 Å². The highest BCUT2D eigenvalue weighted by atomic mass is 16.7. The first kappa shape index (κ1) is 9.39. The van der Waals surface area contributed by atoms with E-state index in [0.29, 0.717) is 12.0 Å². The van der Waals surface area contributed by atoms with Crippen molar-refractivity contribution in [2.45, 2.75) is 19.3 Å². The maximum absolute atomic E-state index is 12.1. The predicted octanol–water partition coefficient (Wildman–Crippen LogP) is 1.16. The van der Waals surface area contributed by atoms with Crippen molar-refractivity contribution in [2.75, 3.05) is 6.61 Å². The van der Waals surface area contributed by atoms with Crippen molar-refractivity contribution < 1.29 is 4.84 Å². The minimum atomic E-state index is -0.0949. The molecule has 0 bridgehead atoms. The number of fused-ring (bicyclic) bond motifs is 2. The van der Waals surface area contributed by atoms with Crippen LogP contribution in [0.2, 0.25) is 0 Å². The third-order valence-corrected chi connectivity index (χ3v) is 2.82. The SMILES string of the molecule is O=c1c2ccccc2nc2n1OCCCC2. The Morgan fingerprint density at radius 3 is 3.06 bits per heavy atom. The van der Waals surface area contributed by atoms with Crippen LogP contribution >= 0.6 is 0 Å². The summed E-state index contributed by atoms with van der Waals surface area (Å²) in [6.45, 7) is 0.590. The highest BCUT2D eigenvalue weighted by Crippen LogP contribution is 2.10. The normalized spacial score (nSPS) is 15.2. The standard InChI is InChI=1S/C12H12N2O2/c15-12-9-5-1-2-6-10(9)13-11-7-3-4-8-16-14(11)12/h1-2,5-6H,3-4,7-8H2. The van der Waals surface area contributed by atoms with Crippen molar-refractivity contribution in [3.05, 3.63) is 40.4 Å². The molecule has 0 aliphatic carbocycles. The predicted molar refractivity (Wildman–Crippen MR) is 60.4 cm³/mol. The smallest absolute Gasteiger partial charge is 0.294 e. The molecule has 0 spiro atoms. The molecular formula is C12H12N2O2. The molecule has 4 heteroatoms. The summed E-state index contributed by atoms with van der Waals surface area (Å²) in [5.74, 6) is 0.737. The van der Waals surface area contributed by atoms with E-state index in [1.807, 2.05) is 18.2 Å². The summed E-state index contributed by atoms with van der Waals surface area (Å²) < 4.78 is 1.36. The quantitative estimate of drug-likeness (QED) is 0.663. The van der Waals surface area contributed by atoms with Crippen molar-refractivity contribution in [3.8, 4) is 0 Å². The number of benzene rings is 1. The molecule has 0 N–H and O–H groups in total. The van der Waals surface area contributed by atoms with Crippen LogP contribution in [0.3, 0.4) is 0 Å². The molecule has 1 aliphatic rings. The van der Waals surface area contributed by atoms with Gasteiger partial charge in [-0.05, 0) is 25.0 Å². The van der Waals surface area contributed by atoms with Gasteiger partial charge in [-0.1, -0.05) is 12.1 Å². The van der Waals surface area contributed by atoms with Crippen molar-refractivity contribution in [2.24, 2.45) is 0 Å². The zero-order chi connectivity index (χ0) is 11.0. The molecule has 0 fully saturated rings. The summed E-state index contributed by atoms with van der Waals surface area (Å²) in [4.78, 5) is 22.0. The zero-order valence-electron chi connectivity index (χ0n) is 8.85. The van der Waals surface area contributed by atoms with Crippen LogP contribution in [0.5, 0.6) is 0 Å². The van der Waals surface area contributed by atoms with Crippen molar-refractivity contribution in [1.82, 2.24) is 9.71 Å². The molecule has 0 radical (unpaired) electrons. The minimum absolute atomic E-state index is 0.0949. The highest BCUT2D eigenvalue weighted by Gasteiger charge is 2.13. The summed E-state index contributed by atoms with van der Waals surface area (Å²) in [7, 11) is 0. The number of hydrogen-bond donors (Lipinski definition) is 0. The van der Waals surface area contributed by atoms with Crippen molar-refractivity contribution >= 4 is 10.9 Å². The molecule has 4 nitrogen and oxygen atoms in total. The highest BCUT2D eigenvalue weighted by molar-refractivity contribution is 5.77. The van der Waals surface area contributed by atoms with E-state index in [2.05, 4.69) is 4.98 Å². The molecule has 16 heavy (non-hydrogen) atoms. The van der Waals surface area contributed by atoms with E-state index in [1.54, 1.807) is 6.07 Å². The van der Waals surface area contributed by atoms with E-state index in [-0.39, 0.29) is 5.56 Å². The summed E-state index contributed by atoms with van der Waals surface area (Å²) in [5.41, 5.74) is 0.659. The van der Waals surface area contributed by atoms with Crippen LogP contribution in [0.15, 0.2) is 29.1 Å². The van der Waals surface area contributed by atoms with E-state index in [4.69, 9.17) is 4.84 Å². The summed E-state index contributed by atoms with van der Waals surface area (Å²) >= 11 is 0. The molecule has 0 saturated carbocycles. The fourth-order valence-electron chi connectivity index (χ4n) is 1.99. The van der Waals surface area contributed by atoms with Gasteiger partial charge in [-0.2, -0.15) is 0 Å². The molecule has 0 atom stereocenters. The first-order chi connectivity index (χ1) is 7.86. The zero-order valence-corrected chi connectivity index (χ0v) is 8.85. The van der Waals surface area contributed by atoms with Gasteiger partial charge in [0.15, 0.2) is 0 Å². The molecule has 82 valence electrons. The van der Waals surface area contributed by atoms with Crippen LogP contribution in [0.25, 0.3) is 10.9 Å². The number of aromatic nitrogens is 2. The van der Waals surface area contributed by atoms with Crippen LogP contribution in [0.1, 0.15) is 18.7 Å². The Bertz CT molecular complexity index is 589. The molecule has 3 rings (SSSR count).